The summed E-state index contributed by atoms with van der Waals surface area (Å²) in [5, 5.41) is 72.1. The maximum atomic E-state index is 13.0. The SMILES string of the molecule is CCCCC/C=C/C/C=C/C/C=C/CCCCCCC(=O)OC[C@@H](CO[C@@H]1O[C@H](CO[C@@H]2O[C@H](CO)[C@H](O)C(O)C2O)[C@H](O)C(O)C1O)OC(=O)CCCC/C=C/C/C=C/CCCCCCCC. The Balaban J connectivity index is 1.84. The topological polar surface area (TPSA) is 231 Å². The highest BCUT2D eigenvalue weighted by molar-refractivity contribution is 5.70. The third-order valence-corrected chi connectivity index (χ3v) is 12.0. The van der Waals surface area contributed by atoms with E-state index in [0.29, 0.717) is 12.8 Å². The molecule has 7 N–H and O–H groups in total. The zero-order valence-electron chi connectivity index (χ0n) is 41.3. The predicted molar refractivity (Wildman–Crippen MR) is 261 cm³/mol. The maximum absolute atomic E-state index is 13.0. The Labute approximate surface area is 407 Å². The summed E-state index contributed by atoms with van der Waals surface area (Å²) < 4.78 is 33.5. The zero-order chi connectivity index (χ0) is 49.6. The first kappa shape index (κ1) is 61.3. The summed E-state index contributed by atoms with van der Waals surface area (Å²) in [6.07, 6.45) is 28.2. The van der Waals surface area contributed by atoms with E-state index in [2.05, 4.69) is 74.6 Å². The van der Waals surface area contributed by atoms with E-state index in [1.165, 1.54) is 57.8 Å². The lowest BCUT2D eigenvalue weighted by atomic mass is 9.98. The van der Waals surface area contributed by atoms with E-state index in [4.69, 9.17) is 28.4 Å². The minimum absolute atomic E-state index is 0.115. The second-order valence-corrected chi connectivity index (χ2v) is 18.0. The van der Waals surface area contributed by atoms with Gasteiger partial charge in [-0.2, -0.15) is 0 Å². The molecule has 15 heteroatoms. The van der Waals surface area contributed by atoms with Gasteiger partial charge in [0.2, 0.25) is 0 Å². The first-order valence-corrected chi connectivity index (χ1v) is 25.9. The van der Waals surface area contributed by atoms with Crippen molar-refractivity contribution >= 4 is 11.9 Å². The van der Waals surface area contributed by atoms with Gasteiger partial charge in [0.1, 0.15) is 55.4 Å². The van der Waals surface area contributed by atoms with Gasteiger partial charge < -0.3 is 64.2 Å². The normalized spacial score (nSPS) is 26.2. The molecule has 2 heterocycles. The largest absolute Gasteiger partial charge is 0.462 e. The standard InChI is InChI=1S/C53H90O15/c1-3-5-7-9-11-13-15-17-19-20-22-23-25-27-29-31-33-35-44(55)63-38-41(66-45(56)36-34-32-30-28-26-24-21-18-16-14-12-10-8-6-4-2)39-64-52-51(62)49(60)47(58)43(68-52)40-65-53-50(61)48(59)46(57)42(37-54)67-53/h11,13,17-19,21-23,26,28,41-43,46-54,57-62H,3-10,12,14-16,20,24-25,27,29-40H2,1-2H3/b13-11+,19-17+,21-18+,23-22+,28-26+/t41-,42+,43+,46-,47-,48?,49?,50?,51?,52+,53+/m0/s1. The number of rotatable bonds is 39. The molecule has 0 aromatic heterocycles. The number of hydrogen-bond donors (Lipinski definition) is 7. The van der Waals surface area contributed by atoms with Crippen molar-refractivity contribution < 1.29 is 73.8 Å². The Morgan fingerprint density at radius 3 is 1.44 bits per heavy atom. The monoisotopic (exact) mass is 967 g/mol. The molecule has 0 spiro atoms. The summed E-state index contributed by atoms with van der Waals surface area (Å²) >= 11 is 0. The van der Waals surface area contributed by atoms with Crippen molar-refractivity contribution in [2.45, 2.75) is 235 Å². The van der Waals surface area contributed by atoms with Gasteiger partial charge in [-0.1, -0.05) is 132 Å². The van der Waals surface area contributed by atoms with E-state index < -0.39 is 99.3 Å². The van der Waals surface area contributed by atoms with E-state index in [0.717, 1.165) is 70.6 Å². The highest BCUT2D eigenvalue weighted by Gasteiger charge is 2.47. The van der Waals surface area contributed by atoms with E-state index in [-0.39, 0.29) is 19.4 Å². The van der Waals surface area contributed by atoms with Gasteiger partial charge in [0.15, 0.2) is 18.7 Å². The summed E-state index contributed by atoms with van der Waals surface area (Å²) in [5.74, 6) is -0.992. The van der Waals surface area contributed by atoms with Crippen LogP contribution in [0.15, 0.2) is 60.8 Å². The average molecular weight is 967 g/mol. The molecule has 15 nitrogen and oxygen atoms in total. The lowest BCUT2D eigenvalue weighted by Crippen LogP contribution is -2.61. The molecule has 0 bridgehead atoms. The van der Waals surface area contributed by atoms with Gasteiger partial charge in [0.25, 0.3) is 0 Å². The number of carbonyl (C=O) groups excluding carboxylic acids is 2. The smallest absolute Gasteiger partial charge is 0.306 e. The Bertz CT molecular complexity index is 1420. The fraction of sp³-hybridized carbons (Fsp3) is 0.774. The second kappa shape index (κ2) is 39.9. The van der Waals surface area contributed by atoms with Crippen LogP contribution in [0.1, 0.15) is 168 Å². The minimum atomic E-state index is -1.78. The van der Waals surface area contributed by atoms with Crippen molar-refractivity contribution in [1.82, 2.24) is 0 Å². The van der Waals surface area contributed by atoms with E-state index in [9.17, 15) is 45.3 Å². The summed E-state index contributed by atoms with van der Waals surface area (Å²) in [6, 6.07) is 0. The van der Waals surface area contributed by atoms with Crippen molar-refractivity contribution in [2.24, 2.45) is 0 Å². The Hall–Kier alpha value is -2.80. The molecular formula is C53H90O15. The van der Waals surface area contributed by atoms with Crippen molar-refractivity contribution in [3.63, 3.8) is 0 Å². The van der Waals surface area contributed by atoms with Crippen LogP contribution in [-0.2, 0) is 38.0 Å². The third-order valence-electron chi connectivity index (χ3n) is 12.0. The molecule has 0 aromatic carbocycles. The lowest BCUT2D eigenvalue weighted by molar-refractivity contribution is -0.332. The number of esters is 2. The summed E-state index contributed by atoms with van der Waals surface area (Å²) in [5.41, 5.74) is 0. The molecule has 0 aromatic rings. The van der Waals surface area contributed by atoms with Gasteiger partial charge in [-0.05, 0) is 83.5 Å². The van der Waals surface area contributed by atoms with Crippen LogP contribution >= 0.6 is 0 Å². The molecule has 0 saturated carbocycles. The number of hydrogen-bond acceptors (Lipinski definition) is 15. The van der Waals surface area contributed by atoms with Gasteiger partial charge in [0, 0.05) is 12.8 Å². The quantitative estimate of drug-likeness (QED) is 0.0183. The van der Waals surface area contributed by atoms with Crippen LogP contribution in [0.2, 0.25) is 0 Å². The molecule has 2 fully saturated rings. The van der Waals surface area contributed by atoms with Crippen molar-refractivity contribution in [3.8, 4) is 0 Å². The van der Waals surface area contributed by atoms with Gasteiger partial charge >= 0.3 is 11.9 Å². The third kappa shape index (κ3) is 27.6. The van der Waals surface area contributed by atoms with Crippen LogP contribution in [0, 0.1) is 0 Å². The van der Waals surface area contributed by atoms with Gasteiger partial charge in [-0.25, -0.2) is 0 Å². The Morgan fingerprint density at radius 1 is 0.471 bits per heavy atom. The van der Waals surface area contributed by atoms with Gasteiger partial charge in [0.05, 0.1) is 19.8 Å². The number of unbranched alkanes of at least 4 members (excludes halogenated alkanes) is 15. The van der Waals surface area contributed by atoms with Crippen molar-refractivity contribution in [3.05, 3.63) is 60.8 Å². The average Bonchev–Trinajstić information content (AvgIpc) is 3.33. The molecule has 4 unspecified atom stereocenters. The number of aliphatic hydroxyl groups is 7. The molecule has 2 aliphatic rings. The minimum Gasteiger partial charge on any atom is -0.462 e. The fourth-order valence-corrected chi connectivity index (χ4v) is 7.66. The van der Waals surface area contributed by atoms with E-state index in [1.807, 2.05) is 0 Å². The lowest BCUT2D eigenvalue weighted by Gasteiger charge is -2.42. The molecule has 68 heavy (non-hydrogen) atoms. The molecule has 0 amide bonds. The molecule has 0 aliphatic carbocycles. The van der Waals surface area contributed by atoms with Crippen LogP contribution < -0.4 is 0 Å². The van der Waals surface area contributed by atoms with Crippen LogP contribution in [0.5, 0.6) is 0 Å². The highest BCUT2D eigenvalue weighted by atomic mass is 16.7. The number of ether oxygens (including phenoxy) is 6. The molecule has 392 valence electrons. The van der Waals surface area contributed by atoms with E-state index in [1.54, 1.807) is 0 Å². The molecule has 0 radical (unpaired) electrons. The van der Waals surface area contributed by atoms with Crippen LogP contribution in [0.4, 0.5) is 0 Å². The molecule has 2 saturated heterocycles. The fourth-order valence-electron chi connectivity index (χ4n) is 7.66. The van der Waals surface area contributed by atoms with Crippen LogP contribution in [0.3, 0.4) is 0 Å². The number of aliphatic hydroxyl groups excluding tert-OH is 7. The van der Waals surface area contributed by atoms with Gasteiger partial charge in [-0.15, -0.1) is 0 Å². The molecule has 2 aliphatic heterocycles. The predicted octanol–water partition coefficient (Wildman–Crippen LogP) is 7.27. The van der Waals surface area contributed by atoms with Gasteiger partial charge in [-0.3, -0.25) is 9.59 Å². The Morgan fingerprint density at radius 2 is 0.882 bits per heavy atom. The summed E-state index contributed by atoms with van der Waals surface area (Å²) in [7, 11) is 0. The van der Waals surface area contributed by atoms with Crippen LogP contribution in [-0.4, -0.2) is 142 Å². The molecule has 11 atom stereocenters. The molecule has 2 rings (SSSR count). The number of carbonyl (C=O) groups is 2. The van der Waals surface area contributed by atoms with Crippen molar-refractivity contribution in [2.75, 3.05) is 26.4 Å². The molecular weight excluding hydrogens is 877 g/mol. The maximum Gasteiger partial charge on any atom is 0.306 e. The summed E-state index contributed by atoms with van der Waals surface area (Å²) in [4.78, 5) is 25.7. The zero-order valence-corrected chi connectivity index (χ0v) is 41.3. The van der Waals surface area contributed by atoms with Crippen molar-refractivity contribution in [1.29, 1.82) is 0 Å². The number of allylic oxidation sites excluding steroid dienone is 10. The second-order valence-electron chi connectivity index (χ2n) is 18.0. The Kier molecular flexibility index (Phi) is 36.0. The summed E-state index contributed by atoms with van der Waals surface area (Å²) in [6.45, 7) is 2.48. The highest BCUT2D eigenvalue weighted by Crippen LogP contribution is 2.26. The first-order valence-electron chi connectivity index (χ1n) is 25.9. The first-order chi connectivity index (χ1) is 33.0. The van der Waals surface area contributed by atoms with E-state index >= 15 is 0 Å². The van der Waals surface area contributed by atoms with Crippen LogP contribution in [0.25, 0.3) is 0 Å².